The van der Waals surface area contributed by atoms with Crippen LogP contribution in [0.5, 0.6) is 0 Å². The molecule has 0 radical (unpaired) electrons. The van der Waals surface area contributed by atoms with Gasteiger partial charge in [-0.1, -0.05) is 0 Å². The van der Waals surface area contributed by atoms with E-state index in [4.69, 9.17) is 0 Å². The second kappa shape index (κ2) is 2.89. The molecule has 0 N–H and O–H groups in total. The number of rotatable bonds is 0. The average molecular weight is 160 g/mol. The highest BCUT2D eigenvalue weighted by atomic mass is 32.8. The van der Waals surface area contributed by atoms with Crippen molar-refractivity contribution in [3.8, 4) is 0 Å². The van der Waals surface area contributed by atoms with Gasteiger partial charge in [-0.25, -0.2) is 4.21 Å². The Morgan fingerprint density at radius 2 is 1.89 bits per heavy atom. The van der Waals surface area contributed by atoms with E-state index in [0.717, 1.165) is 0 Å². The molecule has 4 heteroatoms. The van der Waals surface area contributed by atoms with Gasteiger partial charge in [0.1, 0.15) is 10.2 Å². The van der Waals surface area contributed by atoms with E-state index in [0.29, 0.717) is 10.2 Å². The molecule has 48 valence electrons. The van der Waals surface area contributed by atoms with Crippen LogP contribution in [0.4, 0.5) is 0 Å². The molecule has 0 amide bonds. The number of hydrogen-bond acceptors (Lipinski definition) is 2. The smallest absolute Gasteiger partial charge is 0.179 e. The van der Waals surface area contributed by atoms with Crippen molar-refractivity contribution in [1.82, 2.24) is 0 Å². The van der Waals surface area contributed by atoms with Gasteiger partial charge in [-0.3, -0.25) is 4.79 Å². The van der Waals surface area contributed by atoms with Crippen LogP contribution in [0, 0.1) is 0 Å². The van der Waals surface area contributed by atoms with Crippen molar-refractivity contribution in [1.29, 1.82) is 0 Å². The van der Waals surface area contributed by atoms with E-state index in [1.165, 1.54) is 12.2 Å². The van der Waals surface area contributed by atoms with Crippen LogP contribution in [0.3, 0.4) is 0 Å². The largest absolute Gasteiger partial charge is 0.290 e. The van der Waals surface area contributed by atoms with Gasteiger partial charge in [0.15, 0.2) is 5.78 Å². The van der Waals surface area contributed by atoms with Crippen molar-refractivity contribution >= 4 is 25.5 Å². The molecule has 0 atom stereocenters. The number of carbonyl (C=O) groups is 1. The molecular weight excluding hydrogens is 156 g/mol. The zero-order chi connectivity index (χ0) is 6.69. The van der Waals surface area contributed by atoms with Gasteiger partial charge in [0.05, 0.1) is 0 Å². The lowest BCUT2D eigenvalue weighted by molar-refractivity contribution is -0.110. The fraction of sp³-hybridized carbons (Fsp3) is 0. The van der Waals surface area contributed by atoms with E-state index in [-0.39, 0.29) is 5.78 Å². The van der Waals surface area contributed by atoms with E-state index < -0.39 is 9.45 Å². The zero-order valence-corrected chi connectivity index (χ0v) is 6.08. The molecule has 0 aromatic carbocycles. The molecule has 1 rings (SSSR count). The van der Waals surface area contributed by atoms with E-state index in [1.54, 1.807) is 10.8 Å². The third-order valence-corrected chi connectivity index (χ3v) is 2.92. The Bertz CT molecular complexity index is 228. The number of carbonyl (C=O) groups excluding carboxylic acids is 1. The van der Waals surface area contributed by atoms with Gasteiger partial charge in [-0.05, 0) is 32.4 Å². The Kier molecular flexibility index (Phi) is 2.13. The van der Waals surface area contributed by atoms with Gasteiger partial charge in [0.2, 0.25) is 0 Å². The summed E-state index contributed by atoms with van der Waals surface area (Å²) in [5, 5.41) is 3.25. The molecule has 0 aromatic heterocycles. The summed E-state index contributed by atoms with van der Waals surface area (Å²) >= 11 is 0. The lowest BCUT2D eigenvalue weighted by Crippen LogP contribution is -1.92. The fourth-order valence-corrected chi connectivity index (χ4v) is 1.74. The van der Waals surface area contributed by atoms with Crippen molar-refractivity contribution in [2.75, 3.05) is 0 Å². The van der Waals surface area contributed by atoms with E-state index in [1.807, 2.05) is 0 Å². The van der Waals surface area contributed by atoms with E-state index in [9.17, 15) is 9.00 Å². The minimum absolute atomic E-state index is 0.0344. The van der Waals surface area contributed by atoms with Crippen molar-refractivity contribution in [2.24, 2.45) is 0 Å². The molecule has 0 unspecified atom stereocenters. The van der Waals surface area contributed by atoms with Crippen LogP contribution in [0.1, 0.15) is 0 Å². The van der Waals surface area contributed by atoms with Crippen LogP contribution in [-0.4, -0.2) is 9.99 Å². The summed E-state index contributed by atoms with van der Waals surface area (Å²) in [6.45, 7) is 0. The quantitative estimate of drug-likeness (QED) is 0.512. The Morgan fingerprint density at radius 1 is 1.33 bits per heavy atom. The lowest BCUT2D eigenvalue weighted by atomic mass is 10.4. The molecule has 2 nitrogen and oxygen atoms in total. The number of ketones is 1. The Balaban J connectivity index is 2.94. The first-order valence-electron chi connectivity index (χ1n) is 2.25. The Morgan fingerprint density at radius 3 is 2.33 bits per heavy atom. The van der Waals surface area contributed by atoms with Gasteiger partial charge >= 0.3 is 0 Å². The summed E-state index contributed by atoms with van der Waals surface area (Å²) in [4.78, 5) is 10.4. The summed E-state index contributed by atoms with van der Waals surface area (Å²) in [5.41, 5.74) is 0. The minimum Gasteiger partial charge on any atom is -0.290 e. The molecule has 0 aliphatic carbocycles. The first-order valence-corrected chi connectivity index (χ1v) is 4.86. The highest BCUT2D eigenvalue weighted by Crippen LogP contribution is 1.97. The predicted molar refractivity (Wildman–Crippen MR) is 38.8 cm³/mol. The maximum atomic E-state index is 10.4. The third kappa shape index (κ3) is 1.73. The maximum Gasteiger partial charge on any atom is 0.179 e. The third-order valence-electron chi connectivity index (χ3n) is 0.811. The van der Waals surface area contributed by atoms with E-state index in [2.05, 4.69) is 0 Å². The second-order valence-electron chi connectivity index (χ2n) is 1.40. The predicted octanol–water partition coefficient (Wildman–Crippen LogP) is 0.343. The first-order chi connectivity index (χ1) is 4.33. The molecule has 0 aromatic rings. The summed E-state index contributed by atoms with van der Waals surface area (Å²) in [5.74, 6) is -0.0344. The normalized spacial score (nSPS) is 18.4. The van der Waals surface area contributed by atoms with Crippen molar-refractivity contribution < 1.29 is 9.00 Å². The summed E-state index contributed by atoms with van der Waals surface area (Å²) in [6.07, 6.45) is 2.85. The summed E-state index contributed by atoms with van der Waals surface area (Å²) in [6, 6.07) is 0. The van der Waals surface area contributed by atoms with Crippen LogP contribution in [0.25, 0.3) is 0 Å². The average Bonchev–Trinajstić information content (AvgIpc) is 1.90. The van der Waals surface area contributed by atoms with Crippen molar-refractivity contribution in [3.05, 3.63) is 23.0 Å². The van der Waals surface area contributed by atoms with Gasteiger partial charge in [-0.15, -0.1) is 0 Å². The SMILES string of the molecule is O=S=S1C=CC(=O)C=C1. The number of allylic oxidation sites excluding steroid dienone is 2. The highest BCUT2D eigenvalue weighted by Gasteiger charge is 1.95. The molecule has 0 spiro atoms. The summed E-state index contributed by atoms with van der Waals surface area (Å²) < 4.78 is 10.1. The molecule has 0 bridgehead atoms. The van der Waals surface area contributed by atoms with Gasteiger partial charge in [-0.2, -0.15) is 0 Å². The fourth-order valence-electron chi connectivity index (χ4n) is 0.415. The topological polar surface area (TPSA) is 34.1 Å². The Labute approximate surface area is 57.9 Å². The van der Waals surface area contributed by atoms with Gasteiger partial charge < -0.3 is 0 Å². The molecule has 9 heavy (non-hydrogen) atoms. The lowest BCUT2D eigenvalue weighted by Gasteiger charge is -1.91. The van der Waals surface area contributed by atoms with Crippen LogP contribution >= 0.6 is 0 Å². The highest BCUT2D eigenvalue weighted by molar-refractivity contribution is 8.34. The molecule has 0 saturated carbocycles. The van der Waals surface area contributed by atoms with Crippen molar-refractivity contribution in [2.45, 2.75) is 0 Å². The van der Waals surface area contributed by atoms with Crippen LogP contribution in [-0.2, 0) is 24.5 Å². The zero-order valence-electron chi connectivity index (χ0n) is 4.44. The van der Waals surface area contributed by atoms with Gasteiger partial charge in [0.25, 0.3) is 0 Å². The minimum atomic E-state index is -0.393. The molecule has 1 heterocycles. The van der Waals surface area contributed by atoms with E-state index >= 15 is 0 Å². The second-order valence-corrected chi connectivity index (χ2v) is 4.30. The summed E-state index contributed by atoms with van der Waals surface area (Å²) in [7, 11) is 0.107. The van der Waals surface area contributed by atoms with Crippen LogP contribution < -0.4 is 0 Å². The molecule has 0 fully saturated rings. The van der Waals surface area contributed by atoms with Crippen molar-refractivity contribution in [3.63, 3.8) is 0 Å². The molecule has 1 aliphatic heterocycles. The molecule has 1 aliphatic rings. The molecule has 0 saturated heterocycles. The van der Waals surface area contributed by atoms with Crippen LogP contribution in [0.2, 0.25) is 0 Å². The van der Waals surface area contributed by atoms with Gasteiger partial charge in [0, 0.05) is 0 Å². The Hall–Kier alpha value is -0.480. The van der Waals surface area contributed by atoms with Crippen LogP contribution in [0.15, 0.2) is 23.0 Å². The first kappa shape index (κ1) is 6.64. The standard InChI is InChI=1S/C5H4O2S2/c6-5-1-3-9(8-7)4-2-5/h1-4H. The monoisotopic (exact) mass is 160 g/mol. The molecular formula is C5H4O2S2. The maximum absolute atomic E-state index is 10.4. The number of hydrogen-bond donors (Lipinski definition) is 0.